The van der Waals surface area contributed by atoms with Crippen LogP contribution in [0.2, 0.25) is 0 Å². The van der Waals surface area contributed by atoms with E-state index in [1.165, 1.54) is 6.08 Å². The molecule has 0 fully saturated rings. The zero-order valence-electron chi connectivity index (χ0n) is 16.9. The molecular weight excluding hydrogens is 381 g/mol. The fourth-order valence-electron chi connectivity index (χ4n) is 3.32. The van der Waals surface area contributed by atoms with Gasteiger partial charge in [-0.2, -0.15) is 5.10 Å². The zero-order chi connectivity index (χ0) is 20.9. The summed E-state index contributed by atoms with van der Waals surface area (Å²) >= 11 is 0. The summed E-state index contributed by atoms with van der Waals surface area (Å²) in [5, 5.41) is 6.54. The van der Waals surface area contributed by atoms with E-state index in [0.29, 0.717) is 36.8 Å². The van der Waals surface area contributed by atoms with Gasteiger partial charge in [0.15, 0.2) is 5.82 Å². The highest BCUT2D eigenvalue weighted by Crippen LogP contribution is 2.24. The van der Waals surface area contributed by atoms with Gasteiger partial charge in [0.05, 0.1) is 20.2 Å². The van der Waals surface area contributed by atoms with Crippen LogP contribution in [-0.2, 0) is 0 Å². The highest BCUT2D eigenvalue weighted by atomic mass is 19.1. The van der Waals surface area contributed by atoms with E-state index in [1.54, 1.807) is 31.8 Å². The molecule has 1 aliphatic heterocycles. The van der Waals surface area contributed by atoms with E-state index in [1.807, 2.05) is 42.3 Å². The van der Waals surface area contributed by atoms with Gasteiger partial charge in [0, 0.05) is 35.8 Å². The number of hydrogen-bond acceptors (Lipinski definition) is 6. The van der Waals surface area contributed by atoms with Crippen LogP contribution in [-0.4, -0.2) is 45.9 Å². The van der Waals surface area contributed by atoms with Crippen molar-refractivity contribution in [1.29, 1.82) is 0 Å². The Morgan fingerprint density at radius 3 is 2.77 bits per heavy atom. The maximum atomic E-state index is 14.2. The molecule has 0 spiro atoms. The molecular formula is C23H22FN5O. The number of aromatic nitrogens is 3. The Kier molecular flexibility index (Phi) is 5.79. The van der Waals surface area contributed by atoms with Gasteiger partial charge in [-0.15, -0.1) is 0 Å². The molecule has 1 aliphatic carbocycles. The van der Waals surface area contributed by atoms with Crippen molar-refractivity contribution in [3.05, 3.63) is 83.9 Å². The summed E-state index contributed by atoms with van der Waals surface area (Å²) in [5.74, 6) is 0.887. The summed E-state index contributed by atoms with van der Waals surface area (Å²) in [5.41, 5.74) is 4.24. The summed E-state index contributed by atoms with van der Waals surface area (Å²) in [6.07, 6.45) is 14.8. The molecule has 0 atom stereocenters. The van der Waals surface area contributed by atoms with Crippen LogP contribution in [0, 0.1) is 0 Å². The molecule has 0 aromatic carbocycles. The molecule has 0 radical (unpaired) electrons. The van der Waals surface area contributed by atoms with E-state index in [9.17, 15) is 4.39 Å². The molecule has 152 valence electrons. The first-order valence-electron chi connectivity index (χ1n) is 9.70. The maximum absolute atomic E-state index is 14.2. The Labute approximate surface area is 174 Å². The monoisotopic (exact) mass is 403 g/mol. The minimum atomic E-state index is -0.195. The highest BCUT2D eigenvalue weighted by Gasteiger charge is 2.24. The number of hydrazone groups is 1. The molecule has 3 heterocycles. The molecule has 4 rings (SSSR count). The first kappa shape index (κ1) is 19.7. The van der Waals surface area contributed by atoms with E-state index in [4.69, 9.17) is 4.74 Å². The summed E-state index contributed by atoms with van der Waals surface area (Å²) in [4.78, 5) is 13.2. The lowest BCUT2D eigenvalue weighted by Crippen LogP contribution is -2.18. The number of rotatable bonds is 5. The molecule has 0 unspecified atom stereocenters. The number of pyridine rings is 1. The van der Waals surface area contributed by atoms with Crippen molar-refractivity contribution in [3.8, 4) is 17.0 Å². The molecule has 2 aromatic heterocycles. The second kappa shape index (κ2) is 8.82. The SMILES string of the molecule is C/C=C1\CN(CC2=C(F)C=CC=CC2)N=C1c1ncc(-c2ccnc(OC)c2)cn1. The van der Waals surface area contributed by atoms with E-state index in [-0.39, 0.29) is 5.83 Å². The molecule has 0 bridgehead atoms. The third kappa shape index (κ3) is 4.20. The molecule has 30 heavy (non-hydrogen) atoms. The average molecular weight is 403 g/mol. The van der Waals surface area contributed by atoms with E-state index in [2.05, 4.69) is 20.1 Å². The van der Waals surface area contributed by atoms with Crippen LogP contribution in [0.1, 0.15) is 19.2 Å². The molecule has 2 aliphatic rings. The van der Waals surface area contributed by atoms with E-state index >= 15 is 0 Å². The summed E-state index contributed by atoms with van der Waals surface area (Å²) in [6.45, 7) is 2.99. The van der Waals surface area contributed by atoms with Gasteiger partial charge in [0.25, 0.3) is 0 Å². The number of ether oxygens (including phenoxy) is 1. The topological polar surface area (TPSA) is 63.5 Å². The molecule has 0 N–H and O–H groups in total. The van der Waals surface area contributed by atoms with Crippen molar-refractivity contribution in [1.82, 2.24) is 20.0 Å². The summed E-state index contributed by atoms with van der Waals surface area (Å²) in [7, 11) is 1.58. The third-order valence-corrected chi connectivity index (χ3v) is 4.95. The van der Waals surface area contributed by atoms with Crippen LogP contribution in [0.4, 0.5) is 4.39 Å². The Balaban J connectivity index is 1.56. The third-order valence-electron chi connectivity index (χ3n) is 4.95. The number of hydrogen-bond donors (Lipinski definition) is 0. The van der Waals surface area contributed by atoms with Gasteiger partial charge in [-0.1, -0.05) is 24.3 Å². The average Bonchev–Trinajstić information content (AvgIpc) is 3.10. The fourth-order valence-corrected chi connectivity index (χ4v) is 3.32. The maximum Gasteiger partial charge on any atom is 0.213 e. The smallest absolute Gasteiger partial charge is 0.213 e. The Bertz CT molecular complexity index is 1080. The van der Waals surface area contributed by atoms with Crippen LogP contribution in [0.15, 0.2) is 83.2 Å². The molecule has 6 nitrogen and oxygen atoms in total. The predicted octanol–water partition coefficient (Wildman–Crippen LogP) is 4.25. The van der Waals surface area contributed by atoms with Crippen molar-refractivity contribution >= 4 is 5.71 Å². The lowest BCUT2D eigenvalue weighted by Gasteiger charge is -2.15. The second-order valence-electron chi connectivity index (χ2n) is 6.91. The number of nitrogens with zero attached hydrogens (tertiary/aromatic N) is 5. The number of methoxy groups -OCH3 is 1. The standard InChI is InChI=1S/C23H22FN5O/c1-3-16-14-29(15-18-7-5-4-6-8-20(18)24)28-22(16)23-26-12-19(13-27-23)17-9-10-25-21(11-17)30-2/h3-6,8-13H,7,14-15H2,1-2H3/b16-3+. The van der Waals surface area contributed by atoms with E-state index in [0.717, 1.165) is 22.4 Å². The first-order valence-corrected chi connectivity index (χ1v) is 9.70. The van der Waals surface area contributed by atoms with E-state index < -0.39 is 0 Å². The van der Waals surface area contributed by atoms with Gasteiger partial charge in [0.1, 0.15) is 11.5 Å². The number of halogens is 1. The summed E-state index contributed by atoms with van der Waals surface area (Å²) < 4.78 is 19.4. The van der Waals surface area contributed by atoms with Gasteiger partial charge in [-0.05, 0) is 36.6 Å². The molecule has 2 aromatic rings. The van der Waals surface area contributed by atoms with Crippen LogP contribution >= 0.6 is 0 Å². The van der Waals surface area contributed by atoms with Crippen molar-refractivity contribution in [2.24, 2.45) is 5.10 Å². The molecule has 7 heteroatoms. The molecule has 0 saturated carbocycles. The molecule has 0 amide bonds. The Morgan fingerprint density at radius 2 is 2.00 bits per heavy atom. The van der Waals surface area contributed by atoms with Gasteiger partial charge >= 0.3 is 0 Å². The molecule has 0 saturated heterocycles. The Hall–Kier alpha value is -3.61. The zero-order valence-corrected chi connectivity index (χ0v) is 16.9. The summed E-state index contributed by atoms with van der Waals surface area (Å²) in [6, 6.07) is 3.72. The largest absolute Gasteiger partial charge is 0.481 e. The minimum Gasteiger partial charge on any atom is -0.481 e. The highest BCUT2D eigenvalue weighted by molar-refractivity contribution is 6.11. The first-order chi connectivity index (χ1) is 14.7. The predicted molar refractivity (Wildman–Crippen MR) is 115 cm³/mol. The van der Waals surface area contributed by atoms with Gasteiger partial charge in [-0.3, -0.25) is 5.01 Å². The van der Waals surface area contributed by atoms with Crippen molar-refractivity contribution in [3.63, 3.8) is 0 Å². The van der Waals surface area contributed by atoms with Crippen molar-refractivity contribution in [2.75, 3.05) is 20.2 Å². The van der Waals surface area contributed by atoms with Crippen LogP contribution in [0.3, 0.4) is 0 Å². The van der Waals surface area contributed by atoms with Crippen LogP contribution in [0.5, 0.6) is 5.88 Å². The van der Waals surface area contributed by atoms with Crippen LogP contribution in [0.25, 0.3) is 11.1 Å². The second-order valence-corrected chi connectivity index (χ2v) is 6.91. The van der Waals surface area contributed by atoms with Gasteiger partial charge in [0.2, 0.25) is 5.88 Å². The minimum absolute atomic E-state index is 0.195. The fraction of sp³-hybridized carbons (Fsp3) is 0.217. The Morgan fingerprint density at radius 1 is 1.17 bits per heavy atom. The van der Waals surface area contributed by atoms with Crippen molar-refractivity contribution < 1.29 is 9.13 Å². The number of allylic oxidation sites excluding steroid dienone is 6. The van der Waals surface area contributed by atoms with Gasteiger partial charge in [-0.25, -0.2) is 19.3 Å². The lowest BCUT2D eigenvalue weighted by atomic mass is 10.1. The lowest BCUT2D eigenvalue weighted by molar-refractivity contribution is 0.354. The van der Waals surface area contributed by atoms with Gasteiger partial charge < -0.3 is 4.74 Å². The quantitative estimate of drug-likeness (QED) is 0.747. The van der Waals surface area contributed by atoms with Crippen LogP contribution < -0.4 is 4.74 Å². The normalized spacial score (nSPS) is 17.5. The van der Waals surface area contributed by atoms with Crippen molar-refractivity contribution in [2.45, 2.75) is 13.3 Å².